The molecule has 0 aliphatic carbocycles. The van der Waals surface area contributed by atoms with E-state index in [1.54, 1.807) is 4.98 Å². The Hall–Kier alpha value is -1.00. The van der Waals surface area contributed by atoms with Gasteiger partial charge in [-0.25, -0.2) is 18.2 Å². The van der Waals surface area contributed by atoms with Crippen molar-refractivity contribution >= 4 is 24.7 Å². The van der Waals surface area contributed by atoms with Crippen molar-refractivity contribution in [1.82, 2.24) is 9.55 Å². The van der Waals surface area contributed by atoms with Gasteiger partial charge in [-0.15, -0.1) is 0 Å². The zero-order chi connectivity index (χ0) is 24.5. The zero-order valence-corrected chi connectivity index (χ0v) is 18.1. The molecule has 32 heavy (non-hydrogen) atoms. The summed E-state index contributed by atoms with van der Waals surface area (Å²) in [6.07, 6.45) is -11.0. The van der Waals surface area contributed by atoms with E-state index in [2.05, 4.69) is 8.62 Å². The maximum Gasteiger partial charge on any atom is 0.486 e. The number of rotatable bonds is 9. The van der Waals surface area contributed by atoms with Crippen LogP contribution in [0.15, 0.2) is 15.8 Å². The molecule has 0 saturated carbocycles. The van der Waals surface area contributed by atoms with Crippen molar-refractivity contribution in [2.75, 3.05) is 6.61 Å². The van der Waals surface area contributed by atoms with Crippen LogP contribution in [0.4, 0.5) is 13.2 Å². The summed E-state index contributed by atoms with van der Waals surface area (Å²) in [7, 11) is -11.9. The van der Waals surface area contributed by atoms with Crippen molar-refractivity contribution in [3.8, 4) is 0 Å². The number of nitrogens with one attached hydrogen (secondary N) is 1. The number of aromatic amines is 1. The lowest BCUT2D eigenvalue weighted by Gasteiger charge is -2.16. The first-order valence-corrected chi connectivity index (χ1v) is 11.9. The number of hydrogen-bond donors (Lipinski definition) is 6. The van der Waals surface area contributed by atoms with Crippen LogP contribution in [0.5, 0.6) is 0 Å². The van der Waals surface area contributed by atoms with Gasteiger partial charge in [-0.2, -0.15) is 17.5 Å². The minimum atomic E-state index is -5.36. The van der Waals surface area contributed by atoms with Crippen LogP contribution in [0.25, 0.3) is 0 Å². The van der Waals surface area contributed by atoms with E-state index in [1.807, 2.05) is 0 Å². The standard InChI is InChI=1S/C11H16F3N2O13P3/c12-11(13,14)3-16-1-4(9(19)15-10(16)20)8-7(18)6(17)5(27-8)2-26-30-28-32(24,25)29-31(21,22)23/h1,5-8,17-18,30H,2-3H2,(H,24,25)(H,15,19,20)(H2,21,22,23)/t5-,6?,7?,8+/m1/s1. The van der Waals surface area contributed by atoms with E-state index in [9.17, 15) is 42.1 Å². The van der Waals surface area contributed by atoms with E-state index in [-0.39, 0.29) is 4.57 Å². The molecule has 2 heterocycles. The van der Waals surface area contributed by atoms with Gasteiger partial charge in [0, 0.05) is 6.20 Å². The Morgan fingerprint density at radius 3 is 2.38 bits per heavy atom. The SMILES string of the molecule is O=c1[nH]c(=O)n(CC(F)(F)F)cc1[C@@H]1O[C@H](COPOP(=O)(O)OP(=O)(O)O)C(O)C1O. The van der Waals surface area contributed by atoms with Crippen LogP contribution >= 0.6 is 24.7 Å². The molecule has 0 aromatic carbocycles. The highest BCUT2D eigenvalue weighted by atomic mass is 31.3. The Labute approximate surface area is 176 Å². The van der Waals surface area contributed by atoms with Gasteiger partial charge in [0.05, 0.1) is 12.2 Å². The molecule has 0 radical (unpaired) electrons. The number of aliphatic hydroxyl groups excluding tert-OH is 2. The third kappa shape index (κ3) is 7.80. The highest BCUT2D eigenvalue weighted by Crippen LogP contribution is 2.60. The molecule has 0 amide bonds. The third-order valence-corrected chi connectivity index (χ3v) is 6.91. The molecule has 21 heteroatoms. The van der Waals surface area contributed by atoms with Crippen molar-refractivity contribution in [3.05, 3.63) is 32.6 Å². The summed E-state index contributed by atoms with van der Waals surface area (Å²) in [6, 6.07) is 0. The molecular weight excluding hydrogens is 518 g/mol. The molecule has 0 spiro atoms. The van der Waals surface area contributed by atoms with E-state index in [4.69, 9.17) is 23.9 Å². The van der Waals surface area contributed by atoms with Gasteiger partial charge in [0.1, 0.15) is 31.0 Å². The van der Waals surface area contributed by atoms with Crippen LogP contribution in [0, 0.1) is 0 Å². The predicted octanol–water partition coefficient (Wildman–Crippen LogP) is -0.988. The number of aromatic nitrogens is 2. The average Bonchev–Trinajstić information content (AvgIpc) is 2.86. The van der Waals surface area contributed by atoms with E-state index in [0.29, 0.717) is 6.20 Å². The lowest BCUT2D eigenvalue weighted by Crippen LogP contribution is -2.38. The Morgan fingerprint density at radius 2 is 1.81 bits per heavy atom. The number of halogens is 3. The Kier molecular flexibility index (Phi) is 8.59. The minimum absolute atomic E-state index is 0.123. The largest absolute Gasteiger partial charge is 0.486 e. The van der Waals surface area contributed by atoms with Gasteiger partial charge in [-0.1, -0.05) is 0 Å². The summed E-state index contributed by atoms with van der Waals surface area (Å²) in [5, 5.41) is 20.1. The van der Waals surface area contributed by atoms with Crippen molar-refractivity contribution in [2.45, 2.75) is 37.1 Å². The van der Waals surface area contributed by atoms with Crippen LogP contribution in [0.3, 0.4) is 0 Å². The fraction of sp³-hybridized carbons (Fsp3) is 0.636. The molecule has 15 nitrogen and oxygen atoms in total. The first-order chi connectivity index (χ1) is 14.5. The van der Waals surface area contributed by atoms with Crippen LogP contribution in [0.2, 0.25) is 0 Å². The van der Waals surface area contributed by atoms with Crippen LogP contribution in [-0.4, -0.2) is 65.5 Å². The van der Waals surface area contributed by atoms with Crippen molar-refractivity contribution in [3.63, 3.8) is 0 Å². The second-order valence-electron chi connectivity index (χ2n) is 6.19. The Bertz CT molecular complexity index is 1020. The molecule has 2 rings (SSSR count). The van der Waals surface area contributed by atoms with Gasteiger partial charge in [-0.05, 0) is 0 Å². The number of hydrogen-bond acceptors (Lipinski definition) is 10. The Balaban J connectivity index is 2.05. The number of nitrogens with zero attached hydrogens (tertiary/aromatic N) is 1. The molecule has 0 bridgehead atoms. The zero-order valence-electron chi connectivity index (χ0n) is 15.3. The van der Waals surface area contributed by atoms with Crippen LogP contribution in [0.1, 0.15) is 11.7 Å². The summed E-state index contributed by atoms with van der Waals surface area (Å²) in [6.45, 7) is -2.41. The van der Waals surface area contributed by atoms with E-state index in [0.717, 1.165) is 0 Å². The highest BCUT2D eigenvalue weighted by Gasteiger charge is 2.45. The molecular formula is C11H16F3N2O13P3. The number of H-pyrrole nitrogens is 1. The summed E-state index contributed by atoms with van der Waals surface area (Å²) < 4.78 is 77.3. The molecule has 6 atom stereocenters. The molecule has 4 unspecified atom stereocenters. The second-order valence-corrected chi connectivity index (χ2v) is 9.95. The maximum absolute atomic E-state index is 12.6. The Morgan fingerprint density at radius 1 is 1.19 bits per heavy atom. The lowest BCUT2D eigenvalue weighted by atomic mass is 10.0. The van der Waals surface area contributed by atoms with Gasteiger partial charge in [0.2, 0.25) is 0 Å². The summed E-state index contributed by atoms with van der Waals surface area (Å²) in [5.41, 5.74) is -3.14. The first-order valence-electron chi connectivity index (χ1n) is 8.06. The van der Waals surface area contributed by atoms with Gasteiger partial charge >= 0.3 is 27.5 Å². The third-order valence-electron chi connectivity index (χ3n) is 3.73. The fourth-order valence-electron chi connectivity index (χ4n) is 2.52. The second kappa shape index (κ2) is 10.1. The van der Waals surface area contributed by atoms with E-state index < -0.39 is 85.2 Å². The fourth-order valence-corrected chi connectivity index (χ4v) is 4.85. The molecule has 1 aromatic heterocycles. The van der Waals surface area contributed by atoms with E-state index >= 15 is 0 Å². The van der Waals surface area contributed by atoms with Crippen LogP contribution in [-0.2, 0) is 33.6 Å². The summed E-state index contributed by atoms with van der Waals surface area (Å²) in [5.74, 6) is 0. The quantitative estimate of drug-likeness (QED) is 0.166. The normalized spacial score (nSPS) is 26.6. The first kappa shape index (κ1) is 27.2. The molecule has 1 fully saturated rings. The molecule has 1 aliphatic rings. The minimum Gasteiger partial charge on any atom is -0.387 e. The molecule has 1 aromatic rings. The van der Waals surface area contributed by atoms with Gasteiger partial charge in [-0.3, -0.25) is 14.3 Å². The molecule has 6 N–H and O–H groups in total. The molecule has 184 valence electrons. The number of aliphatic hydroxyl groups is 2. The predicted molar refractivity (Wildman–Crippen MR) is 95.3 cm³/mol. The maximum atomic E-state index is 12.6. The summed E-state index contributed by atoms with van der Waals surface area (Å²) >= 11 is 0. The number of phosphoric acid groups is 2. The number of ether oxygens (including phenoxy) is 1. The lowest BCUT2D eigenvalue weighted by molar-refractivity contribution is -0.141. The van der Waals surface area contributed by atoms with Crippen molar-refractivity contribution in [2.24, 2.45) is 0 Å². The number of alkyl halides is 3. The highest BCUT2D eigenvalue weighted by molar-refractivity contribution is 7.63. The molecule has 1 saturated heterocycles. The topological polar surface area (TPSA) is 227 Å². The van der Waals surface area contributed by atoms with Gasteiger partial charge < -0.3 is 34.2 Å². The van der Waals surface area contributed by atoms with Gasteiger partial charge in [0.15, 0.2) is 9.03 Å². The van der Waals surface area contributed by atoms with Crippen molar-refractivity contribution < 1.29 is 65.1 Å². The van der Waals surface area contributed by atoms with Gasteiger partial charge in [0.25, 0.3) is 5.56 Å². The molecule has 1 aliphatic heterocycles. The average molecular weight is 534 g/mol. The van der Waals surface area contributed by atoms with Crippen molar-refractivity contribution in [1.29, 1.82) is 0 Å². The van der Waals surface area contributed by atoms with Crippen LogP contribution < -0.4 is 11.2 Å². The summed E-state index contributed by atoms with van der Waals surface area (Å²) in [4.78, 5) is 51.1. The monoisotopic (exact) mass is 534 g/mol. The van der Waals surface area contributed by atoms with E-state index in [1.165, 1.54) is 0 Å². The smallest absolute Gasteiger partial charge is 0.387 e.